The molecule has 2 bridgehead atoms. The predicted molar refractivity (Wildman–Crippen MR) is 57.6 cm³/mol. The van der Waals surface area contributed by atoms with Crippen LogP contribution in [0.1, 0.15) is 25.7 Å². The molecule has 2 saturated heterocycles. The van der Waals surface area contributed by atoms with Gasteiger partial charge < -0.3 is 15.0 Å². The van der Waals surface area contributed by atoms with Crippen molar-refractivity contribution < 1.29 is 9.53 Å². The fourth-order valence-electron chi connectivity index (χ4n) is 2.52. The summed E-state index contributed by atoms with van der Waals surface area (Å²) in [6.45, 7) is 2.34. The van der Waals surface area contributed by atoms with Gasteiger partial charge in [-0.3, -0.25) is 4.79 Å². The van der Waals surface area contributed by atoms with Gasteiger partial charge in [-0.1, -0.05) is 0 Å². The van der Waals surface area contributed by atoms with Gasteiger partial charge in [-0.05, 0) is 19.3 Å². The number of nitrogens with zero attached hydrogens (tertiary/aromatic N) is 1. The fourth-order valence-corrected chi connectivity index (χ4v) is 2.52. The Kier molecular flexibility index (Phi) is 3.59. The Morgan fingerprint density at radius 2 is 2.20 bits per heavy atom. The number of hydrogen-bond donors (Lipinski definition) is 1. The lowest BCUT2D eigenvalue weighted by Gasteiger charge is -2.24. The van der Waals surface area contributed by atoms with Gasteiger partial charge in [0.05, 0.1) is 13.0 Å². The Morgan fingerprint density at radius 3 is 3.00 bits per heavy atom. The zero-order valence-electron chi connectivity index (χ0n) is 9.37. The van der Waals surface area contributed by atoms with Crippen molar-refractivity contribution in [3.05, 3.63) is 0 Å². The van der Waals surface area contributed by atoms with Crippen molar-refractivity contribution in [2.45, 2.75) is 37.8 Å². The summed E-state index contributed by atoms with van der Waals surface area (Å²) in [7, 11) is 1.64. The zero-order chi connectivity index (χ0) is 10.7. The third-order valence-corrected chi connectivity index (χ3v) is 3.40. The van der Waals surface area contributed by atoms with Gasteiger partial charge in [0.25, 0.3) is 0 Å². The Bertz CT molecular complexity index is 233. The molecule has 86 valence electrons. The van der Waals surface area contributed by atoms with E-state index in [9.17, 15) is 4.79 Å². The molecular weight excluding hydrogens is 192 g/mol. The number of fused-ring (bicyclic) bond motifs is 2. The Labute approximate surface area is 91.0 Å². The second-order valence-electron chi connectivity index (χ2n) is 4.51. The highest BCUT2D eigenvalue weighted by molar-refractivity contribution is 5.76. The molecule has 4 heteroatoms. The van der Waals surface area contributed by atoms with Gasteiger partial charge in [-0.25, -0.2) is 0 Å². The topological polar surface area (TPSA) is 41.6 Å². The normalized spacial score (nSPS) is 30.3. The van der Waals surface area contributed by atoms with Gasteiger partial charge in [-0.15, -0.1) is 0 Å². The lowest BCUT2D eigenvalue weighted by Crippen LogP contribution is -2.39. The lowest BCUT2D eigenvalue weighted by molar-refractivity contribution is -0.132. The molecule has 0 aliphatic carbocycles. The van der Waals surface area contributed by atoms with Gasteiger partial charge in [0, 0.05) is 32.3 Å². The molecule has 2 fully saturated rings. The molecule has 2 heterocycles. The van der Waals surface area contributed by atoms with E-state index in [1.165, 1.54) is 12.8 Å². The summed E-state index contributed by atoms with van der Waals surface area (Å²) in [5.74, 6) is 0.242. The fraction of sp³-hybridized carbons (Fsp3) is 0.909. The maximum atomic E-state index is 11.8. The molecule has 2 atom stereocenters. The van der Waals surface area contributed by atoms with Crippen molar-refractivity contribution in [3.63, 3.8) is 0 Å². The van der Waals surface area contributed by atoms with Crippen LogP contribution in [0.25, 0.3) is 0 Å². The summed E-state index contributed by atoms with van der Waals surface area (Å²) < 4.78 is 4.93. The quantitative estimate of drug-likeness (QED) is 0.735. The van der Waals surface area contributed by atoms with Gasteiger partial charge in [0.15, 0.2) is 0 Å². The number of hydrogen-bond acceptors (Lipinski definition) is 3. The zero-order valence-corrected chi connectivity index (χ0v) is 9.37. The van der Waals surface area contributed by atoms with Crippen LogP contribution in [0.3, 0.4) is 0 Å². The van der Waals surface area contributed by atoms with Crippen molar-refractivity contribution in [1.29, 1.82) is 0 Å². The lowest BCUT2D eigenvalue weighted by atomic mass is 10.1. The molecule has 0 aromatic carbocycles. The smallest absolute Gasteiger partial charge is 0.224 e. The molecule has 2 aliphatic heterocycles. The van der Waals surface area contributed by atoms with Crippen LogP contribution in [0, 0.1) is 0 Å². The number of amides is 1. The first-order valence-electron chi connectivity index (χ1n) is 5.82. The van der Waals surface area contributed by atoms with Crippen LogP contribution in [0.5, 0.6) is 0 Å². The van der Waals surface area contributed by atoms with Crippen molar-refractivity contribution in [2.75, 3.05) is 26.8 Å². The second kappa shape index (κ2) is 4.94. The van der Waals surface area contributed by atoms with Gasteiger partial charge >= 0.3 is 0 Å². The Hall–Kier alpha value is -0.610. The highest BCUT2D eigenvalue weighted by atomic mass is 16.5. The van der Waals surface area contributed by atoms with E-state index in [-0.39, 0.29) is 5.91 Å². The van der Waals surface area contributed by atoms with E-state index in [4.69, 9.17) is 4.74 Å². The van der Waals surface area contributed by atoms with Crippen molar-refractivity contribution in [1.82, 2.24) is 10.2 Å². The third-order valence-electron chi connectivity index (χ3n) is 3.40. The number of methoxy groups -OCH3 is 1. The number of carbonyl (C=O) groups excluding carboxylic acids is 1. The molecule has 1 amide bonds. The molecule has 2 rings (SSSR count). The van der Waals surface area contributed by atoms with Crippen LogP contribution in [0.15, 0.2) is 0 Å². The van der Waals surface area contributed by atoms with Crippen LogP contribution < -0.4 is 5.32 Å². The van der Waals surface area contributed by atoms with Crippen LogP contribution in [-0.4, -0.2) is 49.7 Å². The minimum Gasteiger partial charge on any atom is -0.384 e. The van der Waals surface area contributed by atoms with E-state index in [2.05, 4.69) is 5.32 Å². The molecule has 1 N–H and O–H groups in total. The van der Waals surface area contributed by atoms with Crippen molar-refractivity contribution >= 4 is 5.91 Å². The average molecular weight is 212 g/mol. The molecule has 2 aliphatic rings. The minimum atomic E-state index is 0.242. The van der Waals surface area contributed by atoms with Gasteiger partial charge in [-0.2, -0.15) is 0 Å². The summed E-state index contributed by atoms with van der Waals surface area (Å²) in [4.78, 5) is 13.8. The third kappa shape index (κ3) is 2.69. The summed E-state index contributed by atoms with van der Waals surface area (Å²) in [5, 5.41) is 3.57. The average Bonchev–Trinajstić information content (AvgIpc) is 2.55. The molecule has 4 nitrogen and oxygen atoms in total. The maximum absolute atomic E-state index is 11.8. The van der Waals surface area contributed by atoms with Crippen molar-refractivity contribution in [3.8, 4) is 0 Å². The SMILES string of the molecule is COCCC(=O)N1CCC2CCC(C1)N2. The van der Waals surface area contributed by atoms with E-state index in [1.807, 2.05) is 4.90 Å². The molecule has 0 aromatic rings. The van der Waals surface area contributed by atoms with Crippen LogP contribution in [0.4, 0.5) is 0 Å². The first-order valence-corrected chi connectivity index (χ1v) is 5.82. The van der Waals surface area contributed by atoms with Gasteiger partial charge in [0.1, 0.15) is 0 Å². The van der Waals surface area contributed by atoms with E-state index in [1.54, 1.807) is 7.11 Å². The Morgan fingerprint density at radius 1 is 1.40 bits per heavy atom. The Balaban J connectivity index is 1.84. The first-order chi connectivity index (χ1) is 7.29. The second-order valence-corrected chi connectivity index (χ2v) is 4.51. The number of ether oxygens (including phenoxy) is 1. The van der Waals surface area contributed by atoms with Gasteiger partial charge in [0.2, 0.25) is 5.91 Å². The highest BCUT2D eigenvalue weighted by Gasteiger charge is 2.30. The van der Waals surface area contributed by atoms with Crippen molar-refractivity contribution in [2.24, 2.45) is 0 Å². The number of likely N-dealkylation sites (tertiary alicyclic amines) is 1. The van der Waals surface area contributed by atoms with E-state index >= 15 is 0 Å². The minimum absolute atomic E-state index is 0.242. The number of rotatable bonds is 3. The standard InChI is InChI=1S/C11H20N2O2/c1-15-7-5-11(14)13-6-4-9-2-3-10(8-13)12-9/h9-10,12H,2-8H2,1H3. The maximum Gasteiger partial charge on any atom is 0.224 e. The molecule has 0 radical (unpaired) electrons. The molecular formula is C11H20N2O2. The highest BCUT2D eigenvalue weighted by Crippen LogP contribution is 2.20. The number of carbonyl (C=O) groups is 1. The first kappa shape index (κ1) is 10.9. The summed E-state index contributed by atoms with van der Waals surface area (Å²) in [5.41, 5.74) is 0. The number of nitrogens with one attached hydrogen (secondary N) is 1. The van der Waals surface area contributed by atoms with E-state index in [0.717, 1.165) is 19.5 Å². The predicted octanol–water partition coefficient (Wildman–Crippen LogP) is 0.376. The molecule has 2 unspecified atom stereocenters. The van der Waals surface area contributed by atoms with Crippen LogP contribution >= 0.6 is 0 Å². The largest absolute Gasteiger partial charge is 0.384 e. The van der Waals surface area contributed by atoms with E-state index in [0.29, 0.717) is 25.1 Å². The van der Waals surface area contributed by atoms with Crippen LogP contribution in [-0.2, 0) is 9.53 Å². The summed E-state index contributed by atoms with van der Waals surface area (Å²) >= 11 is 0. The molecule has 15 heavy (non-hydrogen) atoms. The van der Waals surface area contributed by atoms with E-state index < -0.39 is 0 Å². The summed E-state index contributed by atoms with van der Waals surface area (Å²) in [6, 6.07) is 1.18. The molecule has 0 spiro atoms. The monoisotopic (exact) mass is 212 g/mol. The van der Waals surface area contributed by atoms with Crippen LogP contribution in [0.2, 0.25) is 0 Å². The molecule has 0 aromatic heterocycles. The molecule has 0 saturated carbocycles. The summed E-state index contributed by atoms with van der Waals surface area (Å²) in [6.07, 6.45) is 4.13.